The van der Waals surface area contributed by atoms with Gasteiger partial charge in [0.25, 0.3) is 0 Å². The van der Waals surface area contributed by atoms with Crippen molar-refractivity contribution in [2.24, 2.45) is 5.41 Å². The van der Waals surface area contributed by atoms with Gasteiger partial charge in [0.05, 0.1) is 0 Å². The molecule has 0 spiro atoms. The van der Waals surface area contributed by atoms with Crippen molar-refractivity contribution in [2.45, 2.75) is 86.2 Å². The smallest absolute Gasteiger partial charge is 0.420 e. The molecule has 0 saturated carbocycles. The lowest BCUT2D eigenvalue weighted by molar-refractivity contribution is -0.161. The van der Waals surface area contributed by atoms with Crippen LogP contribution in [0.2, 0.25) is 0 Å². The molecule has 1 rings (SSSR count). The molecule has 0 aliphatic heterocycles. The largest absolute Gasteiger partial charge is 0.460 e. The fraction of sp³-hybridized carbons (Fsp3) is 0.583. The van der Waals surface area contributed by atoms with Crippen LogP contribution in [-0.2, 0) is 30.4 Å². The third-order valence-electron chi connectivity index (χ3n) is 4.29. The quantitative estimate of drug-likeness (QED) is 0.346. The Morgan fingerprint density at radius 1 is 0.812 bits per heavy atom. The maximum Gasteiger partial charge on any atom is 0.420 e. The predicted molar refractivity (Wildman–Crippen MR) is 119 cm³/mol. The first-order valence-electron chi connectivity index (χ1n) is 10.5. The lowest BCUT2D eigenvalue weighted by atomic mass is 9.84. The van der Waals surface area contributed by atoms with Crippen LogP contribution in [-0.4, -0.2) is 46.1 Å². The normalized spacial score (nSPS) is 13.0. The molecule has 2 amide bonds. The van der Waals surface area contributed by atoms with Gasteiger partial charge < -0.3 is 14.2 Å². The van der Waals surface area contributed by atoms with Crippen LogP contribution in [0.25, 0.3) is 0 Å². The molecular weight excluding hydrogens is 414 g/mol. The van der Waals surface area contributed by atoms with E-state index in [9.17, 15) is 19.2 Å². The fourth-order valence-corrected chi connectivity index (χ4v) is 2.66. The molecular formula is C24H35NO7. The summed E-state index contributed by atoms with van der Waals surface area (Å²) >= 11 is 0. The van der Waals surface area contributed by atoms with Gasteiger partial charge in [-0.15, -0.1) is 0 Å². The molecule has 0 N–H and O–H groups in total. The number of hydrogen-bond acceptors (Lipinski definition) is 7. The van der Waals surface area contributed by atoms with Gasteiger partial charge in [0.2, 0.25) is 0 Å². The fourth-order valence-electron chi connectivity index (χ4n) is 2.66. The summed E-state index contributed by atoms with van der Waals surface area (Å²) in [5, 5.41) is 0. The molecule has 0 bridgehead atoms. The first-order chi connectivity index (χ1) is 14.5. The number of amides is 2. The summed E-state index contributed by atoms with van der Waals surface area (Å²) in [5.41, 5.74) is -2.69. The van der Waals surface area contributed by atoms with Crippen LogP contribution in [0.4, 0.5) is 9.59 Å². The van der Waals surface area contributed by atoms with E-state index in [4.69, 9.17) is 14.2 Å². The van der Waals surface area contributed by atoms with E-state index in [2.05, 4.69) is 0 Å². The first-order valence-corrected chi connectivity index (χ1v) is 10.5. The molecule has 0 aliphatic carbocycles. The molecule has 0 aliphatic rings. The van der Waals surface area contributed by atoms with Crippen molar-refractivity contribution in [3.63, 3.8) is 0 Å². The maximum absolute atomic E-state index is 13.2. The molecule has 8 heteroatoms. The van der Waals surface area contributed by atoms with Gasteiger partial charge in [0, 0.05) is 0 Å². The summed E-state index contributed by atoms with van der Waals surface area (Å²) in [5.74, 6) is -1.46. The van der Waals surface area contributed by atoms with Crippen LogP contribution in [0.1, 0.15) is 67.9 Å². The van der Waals surface area contributed by atoms with Crippen molar-refractivity contribution in [3.8, 4) is 0 Å². The van der Waals surface area contributed by atoms with Crippen LogP contribution >= 0.6 is 0 Å². The molecule has 0 fully saturated rings. The third-order valence-corrected chi connectivity index (χ3v) is 4.29. The zero-order valence-corrected chi connectivity index (χ0v) is 20.5. The van der Waals surface area contributed by atoms with Crippen LogP contribution < -0.4 is 0 Å². The van der Waals surface area contributed by atoms with Crippen molar-refractivity contribution in [1.29, 1.82) is 0 Å². The Morgan fingerprint density at radius 2 is 1.25 bits per heavy atom. The molecule has 0 aromatic heterocycles. The number of ketones is 1. The van der Waals surface area contributed by atoms with Crippen LogP contribution in [0.5, 0.6) is 0 Å². The Morgan fingerprint density at radius 3 is 1.66 bits per heavy atom. The molecule has 0 radical (unpaired) electrons. The Kier molecular flexibility index (Phi) is 8.60. The highest BCUT2D eigenvalue weighted by molar-refractivity contribution is 6.08. The molecule has 32 heavy (non-hydrogen) atoms. The summed E-state index contributed by atoms with van der Waals surface area (Å²) in [4.78, 5) is 52.1. The highest BCUT2D eigenvalue weighted by Gasteiger charge is 2.46. The minimum Gasteiger partial charge on any atom is -0.460 e. The van der Waals surface area contributed by atoms with Gasteiger partial charge >= 0.3 is 18.2 Å². The first kappa shape index (κ1) is 27.1. The van der Waals surface area contributed by atoms with E-state index in [1.165, 1.54) is 20.8 Å². The van der Waals surface area contributed by atoms with E-state index in [0.29, 0.717) is 4.90 Å². The number of nitrogens with zero attached hydrogens (tertiary/aromatic N) is 1. The van der Waals surface area contributed by atoms with Crippen LogP contribution in [0.3, 0.4) is 0 Å². The lowest BCUT2D eigenvalue weighted by Crippen LogP contribution is -2.54. The number of imide groups is 1. The van der Waals surface area contributed by atoms with Gasteiger partial charge in [-0.3, -0.25) is 9.59 Å². The second-order valence-corrected chi connectivity index (χ2v) is 10.1. The number of rotatable bonds is 6. The van der Waals surface area contributed by atoms with E-state index in [1.54, 1.807) is 65.8 Å². The average molecular weight is 450 g/mol. The van der Waals surface area contributed by atoms with Gasteiger partial charge in [-0.05, 0) is 67.9 Å². The highest BCUT2D eigenvalue weighted by Crippen LogP contribution is 2.26. The Hall–Kier alpha value is -2.90. The number of hydrogen-bond donors (Lipinski definition) is 0. The van der Waals surface area contributed by atoms with Gasteiger partial charge in [0.15, 0.2) is 5.78 Å². The number of ether oxygens (including phenoxy) is 3. The summed E-state index contributed by atoms with van der Waals surface area (Å²) in [6.45, 7) is 13.9. The monoisotopic (exact) mass is 449 g/mol. The van der Waals surface area contributed by atoms with E-state index < -0.39 is 46.6 Å². The van der Waals surface area contributed by atoms with Crippen LogP contribution in [0, 0.1) is 5.41 Å². The van der Waals surface area contributed by atoms with E-state index in [0.717, 1.165) is 5.56 Å². The zero-order chi connectivity index (χ0) is 24.9. The Balaban J connectivity index is 3.10. The summed E-state index contributed by atoms with van der Waals surface area (Å²) in [7, 11) is 0. The van der Waals surface area contributed by atoms with Crippen molar-refractivity contribution in [2.75, 3.05) is 0 Å². The summed E-state index contributed by atoms with van der Waals surface area (Å²) < 4.78 is 15.9. The minimum absolute atomic E-state index is 0.00733. The standard InChI is InChI=1S/C24H35NO7/c1-16(25(20(28)31-22(2,3)4)21(29)32-23(5,6)7)18(26)24(8,9)19(27)30-15-17-13-11-10-12-14-17/h10-14,16H,15H2,1-9H3. The molecule has 1 atom stereocenters. The van der Waals surface area contributed by atoms with Crippen molar-refractivity contribution in [1.82, 2.24) is 4.90 Å². The maximum atomic E-state index is 13.2. The molecule has 8 nitrogen and oxygen atoms in total. The molecule has 1 unspecified atom stereocenters. The highest BCUT2D eigenvalue weighted by atomic mass is 16.6. The Bertz CT molecular complexity index is 804. The Labute approximate surface area is 190 Å². The third kappa shape index (κ3) is 7.98. The molecule has 1 aromatic carbocycles. The lowest BCUT2D eigenvalue weighted by Gasteiger charge is -2.33. The molecule has 0 saturated heterocycles. The number of Topliss-reactive ketones (excluding diaryl/α,β-unsaturated/α-hetero) is 1. The molecule has 0 heterocycles. The van der Waals surface area contributed by atoms with Crippen molar-refractivity contribution in [3.05, 3.63) is 35.9 Å². The number of carbonyl (C=O) groups excluding carboxylic acids is 4. The van der Waals surface area contributed by atoms with Crippen molar-refractivity contribution >= 4 is 23.9 Å². The molecule has 1 aromatic rings. The topological polar surface area (TPSA) is 99.2 Å². The van der Waals surface area contributed by atoms with Crippen molar-refractivity contribution < 1.29 is 33.4 Å². The predicted octanol–water partition coefficient (Wildman–Crippen LogP) is 4.89. The summed E-state index contributed by atoms with van der Waals surface area (Å²) in [6.07, 6.45) is -2.08. The second kappa shape index (κ2) is 10.1. The van der Waals surface area contributed by atoms with E-state index in [1.807, 2.05) is 6.07 Å². The van der Waals surface area contributed by atoms with E-state index >= 15 is 0 Å². The van der Waals surface area contributed by atoms with Gasteiger partial charge in [-0.1, -0.05) is 30.3 Å². The number of carbonyl (C=O) groups is 4. The second-order valence-electron chi connectivity index (χ2n) is 10.1. The van der Waals surface area contributed by atoms with Gasteiger partial charge in [0.1, 0.15) is 29.3 Å². The average Bonchev–Trinajstić information content (AvgIpc) is 2.63. The van der Waals surface area contributed by atoms with Gasteiger partial charge in [-0.2, -0.15) is 0 Å². The van der Waals surface area contributed by atoms with Crippen LogP contribution in [0.15, 0.2) is 30.3 Å². The number of benzene rings is 1. The molecule has 178 valence electrons. The zero-order valence-electron chi connectivity index (χ0n) is 20.5. The van der Waals surface area contributed by atoms with Gasteiger partial charge in [-0.25, -0.2) is 14.5 Å². The summed E-state index contributed by atoms with van der Waals surface area (Å²) in [6, 6.07) is 7.69. The SMILES string of the molecule is CC(C(=O)C(C)(C)C(=O)OCc1ccccc1)N(C(=O)OC(C)(C)C)C(=O)OC(C)(C)C. The minimum atomic E-state index is -1.63. The number of esters is 1. The van der Waals surface area contributed by atoms with E-state index in [-0.39, 0.29) is 6.61 Å².